The van der Waals surface area contributed by atoms with Crippen molar-refractivity contribution in [3.8, 4) is 17.2 Å². The van der Waals surface area contributed by atoms with Crippen molar-refractivity contribution in [2.24, 2.45) is 5.10 Å². The fourth-order valence-electron chi connectivity index (χ4n) is 3.91. The Hall–Kier alpha value is -3.41. The Morgan fingerprint density at radius 1 is 1.18 bits per heavy atom. The standard InChI is InChI=1S/C22H20N2O4/c1-13-8-9-18(25)15(11-13)16-12-17-14-5-3-6-19(26-2)21(14)28-22(24(17)23-16)20-7-4-10-27-20/h3-11,17,22,25H,12H2,1-2H3. The van der Waals surface area contributed by atoms with E-state index in [9.17, 15) is 5.11 Å². The van der Waals surface area contributed by atoms with E-state index in [1.807, 2.05) is 54.4 Å². The van der Waals surface area contributed by atoms with Crippen LogP contribution in [0.2, 0.25) is 0 Å². The molecule has 0 saturated heterocycles. The number of phenols is 1. The lowest BCUT2D eigenvalue weighted by molar-refractivity contribution is -0.0342. The predicted molar refractivity (Wildman–Crippen MR) is 104 cm³/mol. The molecule has 0 aliphatic carbocycles. The molecular formula is C22H20N2O4. The molecule has 2 unspecified atom stereocenters. The lowest BCUT2D eigenvalue weighted by Gasteiger charge is -2.37. The van der Waals surface area contributed by atoms with Crippen molar-refractivity contribution in [1.29, 1.82) is 0 Å². The van der Waals surface area contributed by atoms with Crippen molar-refractivity contribution in [3.63, 3.8) is 0 Å². The van der Waals surface area contributed by atoms with Gasteiger partial charge in [0, 0.05) is 17.5 Å². The van der Waals surface area contributed by atoms with E-state index in [-0.39, 0.29) is 11.8 Å². The van der Waals surface area contributed by atoms with Crippen LogP contribution in [0.5, 0.6) is 17.2 Å². The first-order chi connectivity index (χ1) is 13.7. The highest BCUT2D eigenvalue weighted by Crippen LogP contribution is 2.51. The summed E-state index contributed by atoms with van der Waals surface area (Å²) < 4.78 is 17.4. The molecule has 0 radical (unpaired) electrons. The zero-order valence-electron chi connectivity index (χ0n) is 15.6. The quantitative estimate of drug-likeness (QED) is 0.727. The van der Waals surface area contributed by atoms with E-state index in [2.05, 4.69) is 0 Å². The topological polar surface area (TPSA) is 67.4 Å². The first kappa shape index (κ1) is 16.7. The third-order valence-electron chi connectivity index (χ3n) is 5.25. The third kappa shape index (κ3) is 2.52. The molecule has 1 N–H and O–H groups in total. The Kier molecular flexibility index (Phi) is 3.79. The third-order valence-corrected chi connectivity index (χ3v) is 5.25. The average Bonchev–Trinajstić information content (AvgIpc) is 3.39. The SMILES string of the molecule is COc1cccc2c1OC(c1ccco1)N1N=C(c3cc(C)ccc3O)CC21. The summed E-state index contributed by atoms with van der Waals surface area (Å²) in [4.78, 5) is 0. The molecule has 6 heteroatoms. The molecule has 3 heterocycles. The molecule has 0 saturated carbocycles. The van der Waals surface area contributed by atoms with Gasteiger partial charge in [0.1, 0.15) is 5.75 Å². The number of furan rings is 1. The summed E-state index contributed by atoms with van der Waals surface area (Å²) in [6, 6.07) is 15.1. The molecule has 1 aromatic heterocycles. The van der Waals surface area contributed by atoms with E-state index >= 15 is 0 Å². The molecule has 6 nitrogen and oxygen atoms in total. The van der Waals surface area contributed by atoms with Crippen molar-refractivity contribution in [3.05, 3.63) is 77.2 Å². The maximum Gasteiger partial charge on any atom is 0.246 e. The molecule has 28 heavy (non-hydrogen) atoms. The minimum atomic E-state index is -0.506. The van der Waals surface area contributed by atoms with Gasteiger partial charge in [-0.05, 0) is 37.3 Å². The van der Waals surface area contributed by atoms with Crippen LogP contribution < -0.4 is 9.47 Å². The van der Waals surface area contributed by atoms with Crippen LogP contribution in [0.4, 0.5) is 0 Å². The van der Waals surface area contributed by atoms with Crippen LogP contribution >= 0.6 is 0 Å². The van der Waals surface area contributed by atoms with E-state index in [1.165, 1.54) is 0 Å². The highest BCUT2D eigenvalue weighted by atomic mass is 16.5. The summed E-state index contributed by atoms with van der Waals surface area (Å²) in [6.07, 6.45) is 1.77. The van der Waals surface area contributed by atoms with Gasteiger partial charge in [0.25, 0.3) is 0 Å². The van der Waals surface area contributed by atoms with Crippen LogP contribution in [-0.2, 0) is 0 Å². The molecule has 2 aliphatic rings. The van der Waals surface area contributed by atoms with Crippen molar-refractivity contribution < 1.29 is 19.0 Å². The molecular weight excluding hydrogens is 356 g/mol. The fraction of sp³-hybridized carbons (Fsp3) is 0.227. The minimum absolute atomic E-state index is 0.0381. The molecule has 0 fully saturated rings. The highest BCUT2D eigenvalue weighted by molar-refractivity contribution is 6.04. The number of hydrogen-bond donors (Lipinski definition) is 1. The van der Waals surface area contributed by atoms with Gasteiger partial charge in [0.05, 0.1) is 25.1 Å². The first-order valence-electron chi connectivity index (χ1n) is 9.18. The van der Waals surface area contributed by atoms with Crippen LogP contribution in [0, 0.1) is 6.92 Å². The first-order valence-corrected chi connectivity index (χ1v) is 9.18. The Bertz CT molecular complexity index is 1060. The van der Waals surface area contributed by atoms with E-state index < -0.39 is 6.23 Å². The Morgan fingerprint density at radius 3 is 2.86 bits per heavy atom. The number of hydrazone groups is 1. The maximum atomic E-state index is 10.4. The second-order valence-electron chi connectivity index (χ2n) is 7.03. The zero-order valence-corrected chi connectivity index (χ0v) is 15.6. The van der Waals surface area contributed by atoms with Crippen molar-refractivity contribution in [1.82, 2.24) is 5.01 Å². The molecule has 3 aromatic rings. The Balaban J connectivity index is 1.64. The summed E-state index contributed by atoms with van der Waals surface area (Å²) in [5.74, 6) is 2.28. The van der Waals surface area contributed by atoms with Crippen molar-refractivity contribution in [2.75, 3.05) is 7.11 Å². The number of benzene rings is 2. The number of methoxy groups -OCH3 is 1. The number of fused-ring (bicyclic) bond motifs is 3. The number of rotatable bonds is 3. The van der Waals surface area contributed by atoms with Gasteiger partial charge in [0.15, 0.2) is 17.3 Å². The molecule has 2 aliphatic heterocycles. The number of aromatic hydroxyl groups is 1. The largest absolute Gasteiger partial charge is 0.507 e. The second kappa shape index (κ2) is 6.34. The van der Waals surface area contributed by atoms with Gasteiger partial charge in [-0.2, -0.15) is 5.10 Å². The number of ether oxygens (including phenoxy) is 2. The van der Waals surface area contributed by atoms with E-state index in [0.717, 1.165) is 22.4 Å². The molecule has 0 bridgehead atoms. The van der Waals surface area contributed by atoms with E-state index in [1.54, 1.807) is 19.4 Å². The molecule has 2 atom stereocenters. The van der Waals surface area contributed by atoms with Crippen LogP contribution in [0.3, 0.4) is 0 Å². The maximum absolute atomic E-state index is 10.4. The van der Waals surface area contributed by atoms with E-state index in [4.69, 9.17) is 19.0 Å². The van der Waals surface area contributed by atoms with Gasteiger partial charge in [-0.15, -0.1) is 0 Å². The number of nitrogens with zero attached hydrogens (tertiary/aromatic N) is 2. The number of aryl methyl sites for hydroxylation is 1. The highest BCUT2D eigenvalue weighted by Gasteiger charge is 2.43. The van der Waals surface area contributed by atoms with Gasteiger partial charge in [-0.1, -0.05) is 23.8 Å². The molecule has 0 spiro atoms. The number of para-hydroxylation sites is 1. The molecule has 0 amide bonds. The van der Waals surface area contributed by atoms with Crippen LogP contribution in [-0.4, -0.2) is 22.9 Å². The summed E-state index contributed by atoms with van der Waals surface area (Å²) in [5, 5.41) is 17.1. The zero-order chi connectivity index (χ0) is 19.3. The number of phenolic OH excluding ortho intramolecular Hbond substituents is 1. The van der Waals surface area contributed by atoms with Gasteiger partial charge in [0.2, 0.25) is 6.23 Å². The van der Waals surface area contributed by atoms with Crippen molar-refractivity contribution >= 4 is 5.71 Å². The van der Waals surface area contributed by atoms with Crippen molar-refractivity contribution in [2.45, 2.75) is 25.6 Å². The Labute approximate surface area is 162 Å². The summed E-state index contributed by atoms with van der Waals surface area (Å²) in [5.41, 5.74) is 3.65. The smallest absolute Gasteiger partial charge is 0.246 e. The summed E-state index contributed by atoms with van der Waals surface area (Å²) >= 11 is 0. The minimum Gasteiger partial charge on any atom is -0.507 e. The molecule has 2 aromatic carbocycles. The lowest BCUT2D eigenvalue weighted by Crippen LogP contribution is -2.33. The molecule has 142 valence electrons. The monoisotopic (exact) mass is 376 g/mol. The van der Waals surface area contributed by atoms with E-state index in [0.29, 0.717) is 23.7 Å². The van der Waals surface area contributed by atoms with Crippen LogP contribution in [0.15, 0.2) is 64.3 Å². The lowest BCUT2D eigenvalue weighted by atomic mass is 9.95. The average molecular weight is 376 g/mol. The fourth-order valence-corrected chi connectivity index (χ4v) is 3.91. The van der Waals surface area contributed by atoms with Gasteiger partial charge in [-0.3, -0.25) is 0 Å². The normalized spacial score (nSPS) is 20.2. The Morgan fingerprint density at radius 2 is 2.07 bits per heavy atom. The second-order valence-corrected chi connectivity index (χ2v) is 7.03. The van der Waals surface area contributed by atoms with Gasteiger partial charge < -0.3 is 19.0 Å². The van der Waals surface area contributed by atoms with Crippen LogP contribution in [0.25, 0.3) is 0 Å². The van der Waals surface area contributed by atoms with Crippen LogP contribution in [0.1, 0.15) is 41.1 Å². The molecule has 5 rings (SSSR count). The predicted octanol–water partition coefficient (Wildman–Crippen LogP) is 4.54. The van der Waals surface area contributed by atoms with Gasteiger partial charge in [-0.25, -0.2) is 5.01 Å². The van der Waals surface area contributed by atoms with Gasteiger partial charge >= 0.3 is 0 Å². The summed E-state index contributed by atoms with van der Waals surface area (Å²) in [6.45, 7) is 2.00. The summed E-state index contributed by atoms with van der Waals surface area (Å²) in [7, 11) is 1.63. The number of hydrogen-bond acceptors (Lipinski definition) is 6.